The zero-order valence-corrected chi connectivity index (χ0v) is 13.8. The maximum absolute atomic E-state index is 6.12. The molecule has 1 heterocycles. The standard InChI is InChI=1S/C15H17BrClNO2/c1-3-18-8-13-6-11(10(2)20-13)9-19-15-5-4-12(16)7-14(15)17/h4-7,18H,3,8-9H2,1-2H3. The Kier molecular flexibility index (Phi) is 5.52. The third-order valence-electron chi connectivity index (χ3n) is 2.90. The van der Waals surface area contributed by atoms with Crippen LogP contribution in [0.3, 0.4) is 0 Å². The first-order chi connectivity index (χ1) is 9.60. The summed E-state index contributed by atoms with van der Waals surface area (Å²) in [7, 11) is 0. The van der Waals surface area contributed by atoms with Gasteiger partial charge >= 0.3 is 0 Å². The second-order valence-corrected chi connectivity index (χ2v) is 5.76. The fourth-order valence-electron chi connectivity index (χ4n) is 1.81. The van der Waals surface area contributed by atoms with E-state index < -0.39 is 0 Å². The molecule has 1 aromatic carbocycles. The summed E-state index contributed by atoms with van der Waals surface area (Å²) >= 11 is 9.49. The molecule has 0 bridgehead atoms. The highest BCUT2D eigenvalue weighted by molar-refractivity contribution is 9.10. The molecule has 0 fully saturated rings. The number of hydrogen-bond donors (Lipinski definition) is 1. The van der Waals surface area contributed by atoms with Crippen molar-refractivity contribution >= 4 is 27.5 Å². The SMILES string of the molecule is CCNCc1cc(COc2ccc(Br)cc2Cl)c(C)o1. The van der Waals surface area contributed by atoms with Crippen molar-refractivity contribution in [3.63, 3.8) is 0 Å². The van der Waals surface area contributed by atoms with E-state index in [0.717, 1.165) is 34.6 Å². The van der Waals surface area contributed by atoms with E-state index in [1.807, 2.05) is 31.2 Å². The Bertz CT molecular complexity index is 583. The average Bonchev–Trinajstić information content (AvgIpc) is 2.76. The maximum atomic E-state index is 6.12. The summed E-state index contributed by atoms with van der Waals surface area (Å²) < 4.78 is 12.3. The van der Waals surface area contributed by atoms with Gasteiger partial charge in [-0.1, -0.05) is 34.5 Å². The van der Waals surface area contributed by atoms with Crippen LogP contribution in [-0.4, -0.2) is 6.54 Å². The van der Waals surface area contributed by atoms with Crippen molar-refractivity contribution in [2.45, 2.75) is 27.0 Å². The zero-order chi connectivity index (χ0) is 14.5. The molecule has 0 aliphatic carbocycles. The van der Waals surface area contributed by atoms with Crippen LogP contribution in [-0.2, 0) is 13.2 Å². The molecular weight excluding hydrogens is 342 g/mol. The lowest BCUT2D eigenvalue weighted by molar-refractivity contribution is 0.303. The van der Waals surface area contributed by atoms with Gasteiger partial charge in [-0.2, -0.15) is 0 Å². The van der Waals surface area contributed by atoms with Crippen molar-refractivity contribution in [2.75, 3.05) is 6.54 Å². The molecular formula is C15H17BrClNO2. The van der Waals surface area contributed by atoms with Crippen molar-refractivity contribution < 1.29 is 9.15 Å². The van der Waals surface area contributed by atoms with Crippen LogP contribution in [0, 0.1) is 6.92 Å². The Hall–Kier alpha value is -0.970. The molecule has 2 rings (SSSR count). The van der Waals surface area contributed by atoms with Crippen molar-refractivity contribution in [2.24, 2.45) is 0 Å². The van der Waals surface area contributed by atoms with Crippen LogP contribution in [0.1, 0.15) is 24.0 Å². The lowest BCUT2D eigenvalue weighted by Gasteiger charge is -2.07. The predicted molar refractivity (Wildman–Crippen MR) is 84.3 cm³/mol. The Morgan fingerprint density at radius 1 is 1.35 bits per heavy atom. The molecule has 0 saturated carbocycles. The second kappa shape index (κ2) is 7.16. The first kappa shape index (κ1) is 15.4. The molecule has 5 heteroatoms. The smallest absolute Gasteiger partial charge is 0.138 e. The van der Waals surface area contributed by atoms with Crippen molar-refractivity contribution in [1.29, 1.82) is 0 Å². The Morgan fingerprint density at radius 3 is 2.85 bits per heavy atom. The van der Waals surface area contributed by atoms with E-state index in [4.69, 9.17) is 20.8 Å². The molecule has 0 saturated heterocycles. The maximum Gasteiger partial charge on any atom is 0.138 e. The van der Waals surface area contributed by atoms with E-state index in [1.165, 1.54) is 0 Å². The van der Waals surface area contributed by atoms with E-state index in [0.29, 0.717) is 17.4 Å². The van der Waals surface area contributed by atoms with Gasteiger partial charge < -0.3 is 14.5 Å². The van der Waals surface area contributed by atoms with E-state index in [2.05, 4.69) is 28.2 Å². The van der Waals surface area contributed by atoms with Crippen LogP contribution in [0.4, 0.5) is 0 Å². The van der Waals surface area contributed by atoms with Gasteiger partial charge in [0.05, 0.1) is 11.6 Å². The van der Waals surface area contributed by atoms with E-state index in [1.54, 1.807) is 0 Å². The number of benzene rings is 1. The number of furan rings is 1. The van der Waals surface area contributed by atoms with Crippen LogP contribution in [0.25, 0.3) is 0 Å². The van der Waals surface area contributed by atoms with Crippen molar-refractivity contribution in [1.82, 2.24) is 5.32 Å². The molecule has 108 valence electrons. The Morgan fingerprint density at radius 2 is 2.15 bits per heavy atom. The largest absolute Gasteiger partial charge is 0.487 e. The fraction of sp³-hybridized carbons (Fsp3) is 0.333. The summed E-state index contributed by atoms with van der Waals surface area (Å²) in [5, 5.41) is 3.82. The number of aryl methyl sites for hydroxylation is 1. The second-order valence-electron chi connectivity index (χ2n) is 4.44. The number of rotatable bonds is 6. The summed E-state index contributed by atoms with van der Waals surface area (Å²) in [5.74, 6) is 2.47. The molecule has 1 aromatic heterocycles. The summed E-state index contributed by atoms with van der Waals surface area (Å²) in [6.07, 6.45) is 0. The normalized spacial score (nSPS) is 10.8. The zero-order valence-electron chi connectivity index (χ0n) is 11.5. The predicted octanol–water partition coefficient (Wildman–Crippen LogP) is 4.69. The van der Waals surface area contributed by atoms with Crippen LogP contribution >= 0.6 is 27.5 Å². The van der Waals surface area contributed by atoms with Gasteiger partial charge in [0.15, 0.2) is 0 Å². The average molecular weight is 359 g/mol. The van der Waals surface area contributed by atoms with Gasteiger partial charge in [-0.15, -0.1) is 0 Å². The molecule has 0 unspecified atom stereocenters. The van der Waals surface area contributed by atoms with E-state index in [-0.39, 0.29) is 0 Å². The topological polar surface area (TPSA) is 34.4 Å². The fourth-order valence-corrected chi connectivity index (χ4v) is 2.54. The van der Waals surface area contributed by atoms with Gasteiger partial charge in [-0.3, -0.25) is 0 Å². The molecule has 1 N–H and O–H groups in total. The highest BCUT2D eigenvalue weighted by Gasteiger charge is 2.09. The molecule has 0 aliphatic heterocycles. The van der Waals surface area contributed by atoms with Gasteiger partial charge in [0.25, 0.3) is 0 Å². The molecule has 0 radical (unpaired) electrons. The van der Waals surface area contributed by atoms with E-state index in [9.17, 15) is 0 Å². The summed E-state index contributed by atoms with van der Waals surface area (Å²) in [4.78, 5) is 0. The summed E-state index contributed by atoms with van der Waals surface area (Å²) in [6, 6.07) is 7.59. The van der Waals surface area contributed by atoms with Crippen LogP contribution in [0.5, 0.6) is 5.75 Å². The van der Waals surface area contributed by atoms with Gasteiger partial charge in [-0.25, -0.2) is 0 Å². The highest BCUT2D eigenvalue weighted by atomic mass is 79.9. The van der Waals surface area contributed by atoms with Crippen molar-refractivity contribution in [3.05, 3.63) is 50.8 Å². The van der Waals surface area contributed by atoms with Crippen LogP contribution in [0.2, 0.25) is 5.02 Å². The molecule has 0 atom stereocenters. The molecule has 0 amide bonds. The molecule has 0 aliphatic rings. The highest BCUT2D eigenvalue weighted by Crippen LogP contribution is 2.29. The quantitative estimate of drug-likeness (QED) is 0.813. The molecule has 3 nitrogen and oxygen atoms in total. The third-order valence-corrected chi connectivity index (χ3v) is 3.69. The van der Waals surface area contributed by atoms with Gasteiger partial charge in [0, 0.05) is 10.0 Å². The third kappa shape index (κ3) is 4.01. The lowest BCUT2D eigenvalue weighted by Crippen LogP contribution is -2.10. The number of hydrogen-bond acceptors (Lipinski definition) is 3. The van der Waals surface area contributed by atoms with Gasteiger partial charge in [0.1, 0.15) is 23.9 Å². The molecule has 2 aromatic rings. The van der Waals surface area contributed by atoms with Gasteiger partial charge in [0.2, 0.25) is 0 Å². The van der Waals surface area contributed by atoms with Crippen LogP contribution in [0.15, 0.2) is 33.2 Å². The summed E-state index contributed by atoms with van der Waals surface area (Å²) in [5.41, 5.74) is 1.04. The van der Waals surface area contributed by atoms with Crippen molar-refractivity contribution in [3.8, 4) is 5.75 Å². The number of nitrogens with one attached hydrogen (secondary N) is 1. The monoisotopic (exact) mass is 357 g/mol. The Balaban J connectivity index is 2.01. The minimum Gasteiger partial charge on any atom is -0.487 e. The van der Waals surface area contributed by atoms with Crippen LogP contribution < -0.4 is 10.1 Å². The first-order valence-electron chi connectivity index (χ1n) is 6.47. The summed E-state index contributed by atoms with van der Waals surface area (Å²) in [6.45, 7) is 6.10. The molecule has 20 heavy (non-hydrogen) atoms. The van der Waals surface area contributed by atoms with Gasteiger partial charge in [-0.05, 0) is 37.7 Å². The number of halogens is 2. The minimum absolute atomic E-state index is 0.447. The first-order valence-corrected chi connectivity index (χ1v) is 7.64. The lowest BCUT2D eigenvalue weighted by atomic mass is 10.2. The molecule has 0 spiro atoms. The number of ether oxygens (including phenoxy) is 1. The minimum atomic E-state index is 0.447. The van der Waals surface area contributed by atoms with E-state index >= 15 is 0 Å². The Labute approximate surface area is 132 Å².